The second-order valence-corrected chi connectivity index (χ2v) is 7.59. The van der Waals surface area contributed by atoms with E-state index < -0.39 is 11.3 Å². The lowest BCUT2D eigenvalue weighted by Gasteiger charge is -2.38. The largest absolute Gasteiger partial charge is 0.369 e. The van der Waals surface area contributed by atoms with E-state index in [1.807, 2.05) is 24.3 Å². The monoisotopic (exact) mass is 346 g/mol. The number of nitrogens with one attached hydrogen (secondary N) is 1. The highest BCUT2D eigenvalue weighted by Gasteiger charge is 2.25. The summed E-state index contributed by atoms with van der Waals surface area (Å²) in [6.45, 7) is 12.2. The molecule has 25 heavy (non-hydrogen) atoms. The van der Waals surface area contributed by atoms with Crippen molar-refractivity contribution < 1.29 is 9.59 Å². The minimum absolute atomic E-state index is 0.189. The Balaban J connectivity index is 1.91. The fourth-order valence-corrected chi connectivity index (χ4v) is 2.81. The van der Waals surface area contributed by atoms with Crippen LogP contribution in [0, 0.1) is 5.41 Å². The fourth-order valence-electron chi connectivity index (χ4n) is 2.81. The van der Waals surface area contributed by atoms with Crippen LogP contribution in [0.25, 0.3) is 0 Å². The second kappa shape index (κ2) is 7.87. The third-order valence-electron chi connectivity index (χ3n) is 4.90. The number of amides is 2. The first kappa shape index (κ1) is 19.2. The van der Waals surface area contributed by atoms with Gasteiger partial charge in [-0.1, -0.05) is 0 Å². The van der Waals surface area contributed by atoms with E-state index in [0.717, 1.165) is 31.9 Å². The van der Waals surface area contributed by atoms with Crippen molar-refractivity contribution in [3.63, 3.8) is 0 Å². The van der Waals surface area contributed by atoms with Gasteiger partial charge in [0.25, 0.3) is 5.91 Å². The average molecular weight is 346 g/mol. The average Bonchev–Trinajstić information content (AvgIpc) is 2.60. The molecule has 0 bridgehead atoms. The molecular formula is C19H30N4O2. The molecule has 3 N–H and O–H groups in total. The number of rotatable bonds is 6. The maximum atomic E-state index is 12.2. The summed E-state index contributed by atoms with van der Waals surface area (Å²) < 4.78 is 0. The zero-order valence-electron chi connectivity index (χ0n) is 15.7. The van der Waals surface area contributed by atoms with Crippen LogP contribution in [0.3, 0.4) is 0 Å². The van der Waals surface area contributed by atoms with Crippen molar-refractivity contribution in [1.29, 1.82) is 0 Å². The Kier molecular flexibility index (Phi) is 6.06. The Hall–Kier alpha value is -2.08. The standard InChI is InChI=1S/C19H30N4O2/c1-14(2)22-9-11-23(12-10-22)16-7-5-15(6-8-16)17(24)21-13-19(3,4)18(20)25/h5-8,14H,9-13H2,1-4H3,(H2,20,25)(H,21,24). The maximum absolute atomic E-state index is 12.2. The van der Waals surface area contributed by atoms with Crippen molar-refractivity contribution in [3.8, 4) is 0 Å². The summed E-state index contributed by atoms with van der Waals surface area (Å²) in [5.74, 6) is -0.616. The lowest BCUT2D eigenvalue weighted by atomic mass is 9.92. The summed E-state index contributed by atoms with van der Waals surface area (Å²) >= 11 is 0. The van der Waals surface area contributed by atoms with Crippen molar-refractivity contribution in [2.24, 2.45) is 11.1 Å². The van der Waals surface area contributed by atoms with Crippen LogP contribution in [0.4, 0.5) is 5.69 Å². The number of anilines is 1. The highest BCUT2D eigenvalue weighted by Crippen LogP contribution is 2.18. The fraction of sp³-hybridized carbons (Fsp3) is 0.579. The number of carbonyl (C=O) groups excluding carboxylic acids is 2. The molecule has 0 unspecified atom stereocenters. The number of nitrogens with two attached hydrogens (primary N) is 1. The molecule has 1 aliphatic rings. The lowest BCUT2D eigenvalue weighted by molar-refractivity contribution is -0.125. The van der Waals surface area contributed by atoms with E-state index in [1.165, 1.54) is 0 Å². The van der Waals surface area contributed by atoms with Crippen LogP contribution in [0.5, 0.6) is 0 Å². The van der Waals surface area contributed by atoms with Gasteiger partial charge in [0, 0.05) is 50.0 Å². The summed E-state index contributed by atoms with van der Waals surface area (Å²) in [5.41, 5.74) is 6.29. The van der Waals surface area contributed by atoms with Gasteiger partial charge in [-0.05, 0) is 52.0 Å². The Morgan fingerprint density at radius 3 is 2.16 bits per heavy atom. The molecule has 0 aliphatic carbocycles. The summed E-state index contributed by atoms with van der Waals surface area (Å²) in [6.07, 6.45) is 0. The molecule has 1 aliphatic heterocycles. The minimum atomic E-state index is -0.758. The molecule has 1 aromatic rings. The predicted molar refractivity (Wildman–Crippen MR) is 101 cm³/mol. The van der Waals surface area contributed by atoms with Crippen molar-refractivity contribution in [3.05, 3.63) is 29.8 Å². The summed E-state index contributed by atoms with van der Waals surface area (Å²) in [7, 11) is 0. The quantitative estimate of drug-likeness (QED) is 0.817. The Morgan fingerprint density at radius 1 is 1.12 bits per heavy atom. The van der Waals surface area contributed by atoms with Crippen LogP contribution >= 0.6 is 0 Å². The number of nitrogens with zero attached hydrogens (tertiary/aromatic N) is 2. The van der Waals surface area contributed by atoms with Crippen molar-refractivity contribution in [2.45, 2.75) is 33.7 Å². The highest BCUT2D eigenvalue weighted by molar-refractivity contribution is 5.95. The second-order valence-electron chi connectivity index (χ2n) is 7.59. The molecule has 1 aromatic carbocycles. The van der Waals surface area contributed by atoms with E-state index in [2.05, 4.69) is 29.0 Å². The summed E-state index contributed by atoms with van der Waals surface area (Å²) in [5, 5.41) is 2.78. The first-order valence-electron chi connectivity index (χ1n) is 8.88. The van der Waals surface area contributed by atoms with Crippen molar-refractivity contribution in [1.82, 2.24) is 10.2 Å². The number of carbonyl (C=O) groups is 2. The number of piperazine rings is 1. The molecule has 0 spiro atoms. The molecule has 0 atom stereocenters. The Morgan fingerprint density at radius 2 is 1.68 bits per heavy atom. The predicted octanol–water partition coefficient (Wildman–Crippen LogP) is 1.46. The van der Waals surface area contributed by atoms with Gasteiger partial charge in [-0.2, -0.15) is 0 Å². The molecule has 1 heterocycles. The van der Waals surface area contributed by atoms with Gasteiger partial charge in [-0.3, -0.25) is 14.5 Å². The van der Waals surface area contributed by atoms with E-state index in [1.54, 1.807) is 13.8 Å². The molecule has 1 fully saturated rings. The van der Waals surface area contributed by atoms with E-state index in [0.29, 0.717) is 11.6 Å². The van der Waals surface area contributed by atoms with E-state index >= 15 is 0 Å². The summed E-state index contributed by atoms with van der Waals surface area (Å²) in [6, 6.07) is 8.21. The smallest absolute Gasteiger partial charge is 0.251 e. The van der Waals surface area contributed by atoms with Crippen LogP contribution in [0.1, 0.15) is 38.1 Å². The van der Waals surface area contributed by atoms with Gasteiger partial charge >= 0.3 is 0 Å². The molecule has 0 aromatic heterocycles. The van der Waals surface area contributed by atoms with Gasteiger partial charge in [0.1, 0.15) is 0 Å². The number of primary amides is 1. The third kappa shape index (κ3) is 4.95. The Labute approximate surface area is 150 Å². The molecular weight excluding hydrogens is 316 g/mol. The van der Waals surface area contributed by atoms with E-state index in [-0.39, 0.29) is 12.5 Å². The van der Waals surface area contributed by atoms with E-state index in [4.69, 9.17) is 5.73 Å². The summed E-state index contributed by atoms with van der Waals surface area (Å²) in [4.78, 5) is 28.4. The zero-order valence-corrected chi connectivity index (χ0v) is 15.7. The molecule has 6 heteroatoms. The minimum Gasteiger partial charge on any atom is -0.369 e. The van der Waals surface area contributed by atoms with Gasteiger partial charge < -0.3 is 16.0 Å². The van der Waals surface area contributed by atoms with Crippen LogP contribution < -0.4 is 16.0 Å². The molecule has 2 amide bonds. The van der Waals surface area contributed by atoms with Gasteiger partial charge in [-0.15, -0.1) is 0 Å². The molecule has 138 valence electrons. The molecule has 2 rings (SSSR count). The maximum Gasteiger partial charge on any atom is 0.251 e. The molecule has 6 nitrogen and oxygen atoms in total. The first-order valence-corrected chi connectivity index (χ1v) is 8.88. The highest BCUT2D eigenvalue weighted by atomic mass is 16.2. The molecule has 1 saturated heterocycles. The van der Waals surface area contributed by atoms with Crippen molar-refractivity contribution in [2.75, 3.05) is 37.6 Å². The van der Waals surface area contributed by atoms with Crippen LogP contribution in [0.2, 0.25) is 0 Å². The van der Waals surface area contributed by atoms with Gasteiger partial charge in [-0.25, -0.2) is 0 Å². The van der Waals surface area contributed by atoms with Crippen molar-refractivity contribution >= 4 is 17.5 Å². The first-order chi connectivity index (χ1) is 11.7. The van der Waals surface area contributed by atoms with Gasteiger partial charge in [0.15, 0.2) is 0 Å². The third-order valence-corrected chi connectivity index (χ3v) is 4.90. The number of hydrogen-bond donors (Lipinski definition) is 2. The van der Waals surface area contributed by atoms with Crippen LogP contribution in [-0.2, 0) is 4.79 Å². The lowest BCUT2D eigenvalue weighted by Crippen LogP contribution is -2.48. The topological polar surface area (TPSA) is 78.7 Å². The zero-order chi connectivity index (χ0) is 18.6. The number of benzene rings is 1. The molecule has 0 saturated carbocycles. The van der Waals surface area contributed by atoms with Crippen LogP contribution in [0.15, 0.2) is 24.3 Å². The van der Waals surface area contributed by atoms with Gasteiger partial charge in [0.2, 0.25) is 5.91 Å². The van der Waals surface area contributed by atoms with E-state index in [9.17, 15) is 9.59 Å². The Bertz CT molecular complexity index is 602. The van der Waals surface area contributed by atoms with Gasteiger partial charge in [0.05, 0.1) is 5.41 Å². The normalized spacial score (nSPS) is 16.1. The molecule has 0 radical (unpaired) electrons. The number of hydrogen-bond acceptors (Lipinski definition) is 4. The van der Waals surface area contributed by atoms with Crippen LogP contribution in [-0.4, -0.2) is 55.5 Å². The SMILES string of the molecule is CC(C)N1CCN(c2ccc(C(=O)NCC(C)(C)C(N)=O)cc2)CC1.